The van der Waals surface area contributed by atoms with Crippen LogP contribution in [-0.4, -0.2) is 57.1 Å². The fourth-order valence-corrected chi connectivity index (χ4v) is 5.81. The standard InChI is InChI=1S/C32H39ClFN3O5S/c1-5-23(2)35-32(39)29(20-24-10-7-6-8-11-24)36(22-25-13-15-26(34)16-14-25)31(38)12-9-19-37(43(4,40)41)27-17-18-30(42-3)28(33)21-27/h6-8,10-11,13-18,21,23,29H,5,9,12,19-20,22H2,1-4H3,(H,35,39)/t23-,29-/m1/s1. The van der Waals surface area contributed by atoms with Crippen LogP contribution < -0.4 is 14.4 Å². The fourth-order valence-electron chi connectivity index (χ4n) is 4.60. The number of nitrogens with one attached hydrogen (secondary N) is 1. The molecular weight excluding hydrogens is 593 g/mol. The van der Waals surface area contributed by atoms with Crippen LogP contribution in [0.15, 0.2) is 72.8 Å². The van der Waals surface area contributed by atoms with Crippen molar-refractivity contribution in [3.05, 3.63) is 94.8 Å². The van der Waals surface area contributed by atoms with Crippen molar-refractivity contribution in [3.8, 4) is 5.75 Å². The van der Waals surface area contributed by atoms with Gasteiger partial charge in [0.1, 0.15) is 17.6 Å². The van der Waals surface area contributed by atoms with Gasteiger partial charge in [-0.3, -0.25) is 13.9 Å². The molecule has 1 N–H and O–H groups in total. The predicted molar refractivity (Wildman–Crippen MR) is 168 cm³/mol. The van der Waals surface area contributed by atoms with Gasteiger partial charge in [0, 0.05) is 32.0 Å². The number of carbonyl (C=O) groups is 2. The summed E-state index contributed by atoms with van der Waals surface area (Å²) in [6.45, 7) is 3.95. The molecule has 0 aliphatic heterocycles. The van der Waals surface area contributed by atoms with Crippen molar-refractivity contribution in [2.24, 2.45) is 0 Å². The molecular formula is C32H39ClFN3O5S. The van der Waals surface area contributed by atoms with Crippen LogP contribution in [-0.2, 0) is 32.6 Å². The van der Waals surface area contributed by atoms with E-state index >= 15 is 0 Å². The third kappa shape index (κ3) is 9.96. The number of rotatable bonds is 15. The summed E-state index contributed by atoms with van der Waals surface area (Å²) < 4.78 is 45.4. The molecule has 43 heavy (non-hydrogen) atoms. The molecule has 3 aromatic carbocycles. The monoisotopic (exact) mass is 631 g/mol. The molecule has 0 heterocycles. The number of benzene rings is 3. The molecule has 0 radical (unpaired) electrons. The number of nitrogens with zero attached hydrogens (tertiary/aromatic N) is 2. The van der Waals surface area contributed by atoms with Gasteiger partial charge in [-0.05, 0) is 61.2 Å². The lowest BCUT2D eigenvalue weighted by Crippen LogP contribution is -2.52. The normalized spacial score (nSPS) is 12.7. The predicted octanol–water partition coefficient (Wildman–Crippen LogP) is 5.59. The van der Waals surface area contributed by atoms with Crippen LogP contribution in [0.2, 0.25) is 5.02 Å². The SMILES string of the molecule is CC[C@@H](C)NC(=O)[C@@H](Cc1ccccc1)N(Cc1ccc(F)cc1)C(=O)CCCN(c1ccc(OC)c(Cl)c1)S(C)(=O)=O. The molecule has 0 fully saturated rings. The second kappa shape index (κ2) is 15.7. The lowest BCUT2D eigenvalue weighted by atomic mass is 10.0. The molecule has 3 rings (SSSR count). The van der Waals surface area contributed by atoms with E-state index in [4.69, 9.17) is 16.3 Å². The molecule has 0 aromatic heterocycles. The zero-order valence-electron chi connectivity index (χ0n) is 24.9. The van der Waals surface area contributed by atoms with Crippen molar-refractivity contribution in [1.82, 2.24) is 10.2 Å². The van der Waals surface area contributed by atoms with Gasteiger partial charge in [-0.2, -0.15) is 0 Å². The van der Waals surface area contributed by atoms with Crippen molar-refractivity contribution in [3.63, 3.8) is 0 Å². The van der Waals surface area contributed by atoms with Gasteiger partial charge in [-0.25, -0.2) is 12.8 Å². The number of methoxy groups -OCH3 is 1. The van der Waals surface area contributed by atoms with Gasteiger partial charge in [0.2, 0.25) is 21.8 Å². The number of hydrogen-bond donors (Lipinski definition) is 1. The largest absolute Gasteiger partial charge is 0.495 e. The Morgan fingerprint density at radius 3 is 2.28 bits per heavy atom. The molecule has 0 saturated heterocycles. The van der Waals surface area contributed by atoms with E-state index in [1.165, 1.54) is 34.5 Å². The molecule has 0 unspecified atom stereocenters. The molecule has 2 atom stereocenters. The first-order valence-electron chi connectivity index (χ1n) is 14.1. The van der Waals surface area contributed by atoms with E-state index < -0.39 is 21.9 Å². The van der Waals surface area contributed by atoms with E-state index in [1.54, 1.807) is 24.3 Å². The summed E-state index contributed by atoms with van der Waals surface area (Å²) in [5.41, 5.74) is 1.89. The van der Waals surface area contributed by atoms with Crippen molar-refractivity contribution in [2.75, 3.05) is 24.2 Å². The summed E-state index contributed by atoms with van der Waals surface area (Å²) in [6, 6.07) is 18.9. The first-order valence-corrected chi connectivity index (χ1v) is 16.3. The highest BCUT2D eigenvalue weighted by molar-refractivity contribution is 7.92. The lowest BCUT2D eigenvalue weighted by Gasteiger charge is -2.32. The van der Waals surface area contributed by atoms with E-state index in [0.717, 1.165) is 11.8 Å². The molecule has 0 aliphatic carbocycles. The Kier molecular flexibility index (Phi) is 12.4. The van der Waals surface area contributed by atoms with E-state index in [2.05, 4.69) is 5.32 Å². The maximum absolute atomic E-state index is 13.9. The summed E-state index contributed by atoms with van der Waals surface area (Å²) in [5, 5.41) is 3.26. The van der Waals surface area contributed by atoms with Gasteiger partial charge in [-0.1, -0.05) is 61.0 Å². The molecule has 0 bridgehead atoms. The summed E-state index contributed by atoms with van der Waals surface area (Å²) in [6.07, 6.45) is 2.23. The molecule has 0 saturated carbocycles. The van der Waals surface area contributed by atoms with Crippen molar-refractivity contribution < 1.29 is 27.1 Å². The minimum Gasteiger partial charge on any atom is -0.495 e. The Balaban J connectivity index is 1.89. The molecule has 11 heteroatoms. The minimum absolute atomic E-state index is 0.0139. The summed E-state index contributed by atoms with van der Waals surface area (Å²) in [5.74, 6) is -0.618. The zero-order chi connectivity index (χ0) is 31.6. The van der Waals surface area contributed by atoms with Crippen LogP contribution >= 0.6 is 11.6 Å². The van der Waals surface area contributed by atoms with Crippen molar-refractivity contribution >= 4 is 39.1 Å². The third-order valence-corrected chi connectivity index (χ3v) is 8.60. The number of amides is 2. The van der Waals surface area contributed by atoms with Gasteiger partial charge in [0.05, 0.1) is 24.1 Å². The number of carbonyl (C=O) groups excluding carboxylic acids is 2. The molecule has 0 aliphatic rings. The van der Waals surface area contributed by atoms with Crippen LogP contribution in [0.4, 0.5) is 10.1 Å². The van der Waals surface area contributed by atoms with Gasteiger partial charge in [0.15, 0.2) is 0 Å². The Labute approximate surface area is 258 Å². The molecule has 232 valence electrons. The highest BCUT2D eigenvalue weighted by atomic mass is 35.5. The second-order valence-electron chi connectivity index (χ2n) is 10.4. The Hall–Kier alpha value is -3.63. The van der Waals surface area contributed by atoms with E-state index in [9.17, 15) is 22.4 Å². The van der Waals surface area contributed by atoms with Gasteiger partial charge in [-0.15, -0.1) is 0 Å². The van der Waals surface area contributed by atoms with E-state index in [1.807, 2.05) is 44.2 Å². The van der Waals surface area contributed by atoms with Crippen LogP contribution in [0.25, 0.3) is 0 Å². The average molecular weight is 632 g/mol. The van der Waals surface area contributed by atoms with Crippen LogP contribution in [0, 0.1) is 5.82 Å². The van der Waals surface area contributed by atoms with Crippen LogP contribution in [0.3, 0.4) is 0 Å². The number of sulfonamides is 1. The molecule has 8 nitrogen and oxygen atoms in total. The smallest absolute Gasteiger partial charge is 0.243 e. The van der Waals surface area contributed by atoms with Gasteiger partial charge in [0.25, 0.3) is 0 Å². The number of hydrogen-bond acceptors (Lipinski definition) is 5. The quantitative estimate of drug-likeness (QED) is 0.236. The highest BCUT2D eigenvalue weighted by Gasteiger charge is 2.31. The first kappa shape index (κ1) is 33.9. The summed E-state index contributed by atoms with van der Waals surface area (Å²) >= 11 is 6.25. The molecule has 0 spiro atoms. The number of halogens is 2. The summed E-state index contributed by atoms with van der Waals surface area (Å²) in [7, 11) is -2.24. The Morgan fingerprint density at radius 1 is 1.02 bits per heavy atom. The summed E-state index contributed by atoms with van der Waals surface area (Å²) in [4.78, 5) is 29.0. The van der Waals surface area contributed by atoms with Crippen LogP contribution in [0.5, 0.6) is 5.75 Å². The zero-order valence-corrected chi connectivity index (χ0v) is 26.5. The van der Waals surface area contributed by atoms with Crippen molar-refractivity contribution in [1.29, 1.82) is 0 Å². The number of anilines is 1. The maximum Gasteiger partial charge on any atom is 0.243 e. The molecule has 2 amide bonds. The lowest BCUT2D eigenvalue weighted by molar-refractivity contribution is -0.141. The van der Waals surface area contributed by atoms with E-state index in [-0.39, 0.29) is 55.2 Å². The fraction of sp³-hybridized carbons (Fsp3) is 0.375. The van der Waals surface area contributed by atoms with Gasteiger partial charge < -0.3 is 15.0 Å². The first-order chi connectivity index (χ1) is 20.4. The van der Waals surface area contributed by atoms with Gasteiger partial charge >= 0.3 is 0 Å². The van der Waals surface area contributed by atoms with E-state index in [0.29, 0.717) is 23.4 Å². The average Bonchev–Trinajstić information content (AvgIpc) is 2.97. The molecule has 3 aromatic rings. The Bertz CT molecular complexity index is 1470. The number of ether oxygens (including phenoxy) is 1. The third-order valence-electron chi connectivity index (χ3n) is 7.11. The Morgan fingerprint density at radius 2 is 1.70 bits per heavy atom. The second-order valence-corrected chi connectivity index (χ2v) is 12.7. The highest BCUT2D eigenvalue weighted by Crippen LogP contribution is 2.30. The maximum atomic E-state index is 13.9. The topological polar surface area (TPSA) is 96.0 Å². The van der Waals surface area contributed by atoms with Crippen molar-refractivity contribution in [2.45, 2.75) is 58.2 Å². The van der Waals surface area contributed by atoms with Crippen LogP contribution in [0.1, 0.15) is 44.2 Å². The minimum atomic E-state index is -3.70.